The molecular formula is C51H49Cl2F4N6O9P. The number of Topliss-reactive ketones (excluding diaryl/α,β-unsaturated/α-hetero) is 2. The van der Waals surface area contributed by atoms with Crippen molar-refractivity contribution in [3.8, 4) is 11.5 Å². The van der Waals surface area contributed by atoms with Crippen LogP contribution in [0.4, 0.5) is 28.9 Å². The molecule has 22 heteroatoms. The Balaban J connectivity index is 1.02. The Bertz CT molecular complexity index is 3070. The zero-order chi connectivity index (χ0) is 52.8. The number of hydrogen-bond donors (Lipinski definition) is 0. The molecule has 0 N–H and O–H groups in total. The number of likely N-dealkylation sites (tertiary alicyclic amines) is 2. The van der Waals surface area contributed by atoms with E-state index in [1.165, 1.54) is 115 Å². The molecule has 2 saturated heterocycles. The molecule has 73 heavy (non-hydrogen) atoms. The summed E-state index contributed by atoms with van der Waals surface area (Å²) in [5, 5.41) is 0.363. The van der Waals surface area contributed by atoms with Crippen LogP contribution in [-0.4, -0.2) is 111 Å². The minimum atomic E-state index is -4.12. The lowest BCUT2D eigenvalue weighted by molar-refractivity contribution is -0.138. The minimum absolute atomic E-state index is 0.00307. The Labute approximate surface area is 426 Å². The van der Waals surface area contributed by atoms with Crippen LogP contribution in [0, 0.1) is 11.6 Å². The second kappa shape index (κ2) is 21.0. The number of benzene rings is 4. The van der Waals surface area contributed by atoms with Gasteiger partial charge in [0.25, 0.3) is 0 Å². The van der Waals surface area contributed by atoms with Crippen LogP contribution in [0.15, 0.2) is 85.2 Å². The van der Waals surface area contributed by atoms with Gasteiger partial charge in [-0.1, -0.05) is 35.3 Å². The van der Waals surface area contributed by atoms with E-state index < -0.39 is 93.5 Å². The van der Waals surface area contributed by atoms with E-state index in [9.17, 15) is 33.3 Å². The topological polar surface area (TPSA) is 161 Å². The quantitative estimate of drug-likeness (QED) is 0.0522. The van der Waals surface area contributed by atoms with E-state index in [1.807, 2.05) is 0 Å². The minimum Gasteiger partial charge on any atom is -0.416 e. The lowest BCUT2D eigenvalue weighted by Crippen LogP contribution is -2.49. The van der Waals surface area contributed by atoms with Crippen molar-refractivity contribution in [3.05, 3.63) is 118 Å². The molecule has 8 rings (SSSR count). The molecule has 0 unspecified atom stereocenters. The van der Waals surface area contributed by atoms with Gasteiger partial charge in [0.2, 0.25) is 23.6 Å². The Morgan fingerprint density at radius 2 is 1.03 bits per heavy atom. The monoisotopic (exact) mass is 1070 g/mol. The van der Waals surface area contributed by atoms with E-state index in [1.54, 1.807) is 13.8 Å². The highest BCUT2D eigenvalue weighted by atomic mass is 35.5. The van der Waals surface area contributed by atoms with Crippen molar-refractivity contribution in [3.63, 3.8) is 0 Å². The van der Waals surface area contributed by atoms with Crippen LogP contribution in [0.1, 0.15) is 61.3 Å². The van der Waals surface area contributed by atoms with Crippen LogP contribution in [0.5, 0.6) is 11.5 Å². The first-order valence-electron chi connectivity index (χ1n) is 23.2. The number of anilines is 2. The number of amides is 4. The van der Waals surface area contributed by atoms with Crippen LogP contribution >= 0.6 is 30.8 Å². The van der Waals surface area contributed by atoms with Gasteiger partial charge in [-0.2, -0.15) is 0 Å². The molecule has 4 amide bonds. The van der Waals surface area contributed by atoms with Gasteiger partial charge in [-0.15, -0.1) is 0 Å². The molecule has 4 aromatic carbocycles. The summed E-state index contributed by atoms with van der Waals surface area (Å²) in [6.07, 6.45) is -0.918. The van der Waals surface area contributed by atoms with Gasteiger partial charge in [-0.05, 0) is 76.2 Å². The number of carbonyl (C=O) groups excluding carboxylic acids is 6. The first kappa shape index (κ1) is 52.6. The highest BCUT2D eigenvalue weighted by molar-refractivity contribution is 7.53. The number of nitrogens with zero attached hydrogens (tertiary/aromatic N) is 6. The molecule has 4 atom stereocenters. The van der Waals surface area contributed by atoms with Crippen LogP contribution in [0.25, 0.3) is 21.8 Å². The maximum atomic E-state index is 15.1. The van der Waals surface area contributed by atoms with Crippen LogP contribution in [-0.2, 0) is 36.8 Å². The zero-order valence-corrected chi connectivity index (χ0v) is 42.5. The molecule has 6 aromatic rings. The lowest BCUT2D eigenvalue weighted by Gasteiger charge is -2.30. The molecule has 0 saturated carbocycles. The number of likely N-dealkylation sites (N-methyl/N-ethyl adjacent to an activating group) is 2. The highest BCUT2D eigenvalue weighted by Crippen LogP contribution is 2.46. The summed E-state index contributed by atoms with van der Waals surface area (Å²) in [5.41, 5.74) is 0.773. The van der Waals surface area contributed by atoms with E-state index in [2.05, 4.69) is 0 Å². The Morgan fingerprint density at radius 3 is 1.38 bits per heavy atom. The van der Waals surface area contributed by atoms with E-state index >= 15 is 17.6 Å². The molecule has 2 aromatic heterocycles. The van der Waals surface area contributed by atoms with Crippen molar-refractivity contribution < 1.29 is 59.9 Å². The fraction of sp³-hybridized carbons (Fsp3) is 0.333. The van der Waals surface area contributed by atoms with Gasteiger partial charge in [-0.25, -0.2) is 22.1 Å². The second-order valence-corrected chi connectivity index (χ2v) is 20.6. The first-order chi connectivity index (χ1) is 34.6. The number of fused-ring (bicyclic) bond motifs is 2. The summed E-state index contributed by atoms with van der Waals surface area (Å²) in [6.45, 7) is 5.30. The summed E-state index contributed by atoms with van der Waals surface area (Å²) in [4.78, 5) is 85.8. The van der Waals surface area contributed by atoms with Crippen LogP contribution in [0.2, 0.25) is 10.0 Å². The van der Waals surface area contributed by atoms with Crippen LogP contribution in [0.3, 0.4) is 0 Å². The predicted molar refractivity (Wildman–Crippen MR) is 268 cm³/mol. The number of alkyl halides is 2. The van der Waals surface area contributed by atoms with Crippen molar-refractivity contribution in [2.24, 2.45) is 0 Å². The third-order valence-corrected chi connectivity index (χ3v) is 14.6. The number of halogens is 6. The summed E-state index contributed by atoms with van der Waals surface area (Å²) < 4.78 is 89.1. The average molecular weight is 1070 g/mol. The molecule has 0 bridgehead atoms. The fourth-order valence-corrected chi connectivity index (χ4v) is 11.0. The third-order valence-electron chi connectivity index (χ3n) is 12.9. The summed E-state index contributed by atoms with van der Waals surface area (Å²) in [5.74, 6) is -5.15. The summed E-state index contributed by atoms with van der Waals surface area (Å²) in [7, 11) is -4.12. The van der Waals surface area contributed by atoms with E-state index in [4.69, 9.17) is 32.2 Å². The van der Waals surface area contributed by atoms with Crippen LogP contribution < -0.4 is 18.8 Å². The lowest BCUT2D eigenvalue weighted by atomic mass is 10.1. The standard InChI is InChI=1S/C51H49Cl2F4N6O9P/c1-6-60(40-12-8-10-38(52)48(40)56)50(68)44-18-30(54)22-62(44)46(66)26-58-24-36(28(3)64)34-16-14-32(20-42(34)58)71-73(5,70)72-33-15-17-35-37(29(4)65)25-59(43(35)21-33)27-47(67)63-23-31(55)19-45(63)51(69)61(7-2)41-13-9-11-39(53)49(41)57/h8-17,20-21,24-25,30-31,44-45H,6-7,18-19,22-23,26-27H2,1-5H3/t30-,31-,44+,45+/m1/s1. The maximum absolute atomic E-state index is 15.1. The number of hydrogen-bond acceptors (Lipinski definition) is 9. The number of carbonyl (C=O) groups is 6. The van der Waals surface area contributed by atoms with Gasteiger partial charge in [0.05, 0.1) is 52.2 Å². The van der Waals surface area contributed by atoms with Crippen molar-refractivity contribution in [2.45, 2.75) is 78.1 Å². The molecule has 15 nitrogen and oxygen atoms in total. The molecule has 2 fully saturated rings. The maximum Gasteiger partial charge on any atom is 0.427 e. The second-order valence-electron chi connectivity index (χ2n) is 17.9. The number of aromatic nitrogens is 2. The normalized spacial score (nSPS) is 17.8. The molecule has 0 radical (unpaired) electrons. The molecule has 0 aliphatic carbocycles. The number of ketones is 2. The van der Waals surface area contributed by atoms with Gasteiger partial charge in [0.15, 0.2) is 23.2 Å². The average Bonchev–Trinajstić information content (AvgIpc) is 4.12. The van der Waals surface area contributed by atoms with Crippen molar-refractivity contribution in [2.75, 3.05) is 42.6 Å². The van der Waals surface area contributed by atoms with Gasteiger partial charge < -0.3 is 37.8 Å². The highest BCUT2D eigenvalue weighted by Gasteiger charge is 2.44. The third kappa shape index (κ3) is 10.6. The van der Waals surface area contributed by atoms with Gasteiger partial charge in [0.1, 0.15) is 49.0 Å². The van der Waals surface area contributed by atoms with Gasteiger partial charge in [-0.3, -0.25) is 28.8 Å². The molecule has 2 aliphatic heterocycles. The zero-order valence-electron chi connectivity index (χ0n) is 40.1. The Kier molecular flexibility index (Phi) is 15.2. The van der Waals surface area contributed by atoms with Gasteiger partial charge >= 0.3 is 7.60 Å². The van der Waals surface area contributed by atoms with Crippen molar-refractivity contribution >= 4 is 99.2 Å². The Morgan fingerprint density at radius 1 is 0.644 bits per heavy atom. The van der Waals surface area contributed by atoms with E-state index in [-0.39, 0.29) is 92.6 Å². The predicted octanol–water partition coefficient (Wildman–Crippen LogP) is 9.85. The largest absolute Gasteiger partial charge is 0.427 e. The molecule has 0 spiro atoms. The summed E-state index contributed by atoms with van der Waals surface area (Å²) in [6, 6.07) is 14.5. The molecular weight excluding hydrogens is 1020 g/mol. The molecule has 2 aliphatic rings. The van der Waals surface area contributed by atoms with Gasteiger partial charge in [0, 0.05) is 72.4 Å². The van der Waals surface area contributed by atoms with Crippen molar-refractivity contribution in [1.29, 1.82) is 0 Å². The number of rotatable bonds is 16. The van der Waals surface area contributed by atoms with E-state index in [0.717, 1.165) is 19.6 Å². The smallest absolute Gasteiger partial charge is 0.416 e. The summed E-state index contributed by atoms with van der Waals surface area (Å²) >= 11 is 12.0. The SMILES string of the molecule is CCN(C(=O)[C@@H]1C[C@@H](F)CN1C(=O)Cn1cc(C(C)=O)c2ccc(OP(C)(=O)Oc3ccc4c(C(C)=O)cn(CC(=O)N5C[C@H](F)C[C@H]5C(=O)N(CC)c5cccc(Cl)c5F)c4c3)cc21)c1cccc(Cl)c1F. The fourth-order valence-electron chi connectivity index (χ4n) is 9.59. The van der Waals surface area contributed by atoms with E-state index in [0.29, 0.717) is 10.8 Å². The Hall–Kier alpha value is -6.69. The first-order valence-corrected chi connectivity index (χ1v) is 26.0. The molecule has 384 valence electrons. The molecule has 4 heterocycles. The van der Waals surface area contributed by atoms with Crippen molar-refractivity contribution in [1.82, 2.24) is 18.9 Å².